The fraction of sp³-hybridized carbons (Fsp3) is 0.467. The second-order valence-electron chi connectivity index (χ2n) is 6.09. The number of ether oxygens (including phenoxy) is 1. The lowest BCUT2D eigenvalue weighted by Crippen LogP contribution is -2.62. The van der Waals surface area contributed by atoms with E-state index in [9.17, 15) is 4.79 Å². The molecule has 1 atom stereocenters. The molecule has 0 aliphatic carbocycles. The summed E-state index contributed by atoms with van der Waals surface area (Å²) in [4.78, 5) is 18.0. The van der Waals surface area contributed by atoms with E-state index >= 15 is 0 Å². The fourth-order valence-electron chi connectivity index (χ4n) is 3.16. The van der Waals surface area contributed by atoms with Crippen LogP contribution in [0.3, 0.4) is 0 Å². The maximum Gasteiger partial charge on any atom is 0.346 e. The number of rotatable bonds is 2. The Hall–Kier alpha value is -1.88. The molecule has 5 heteroatoms. The average molecular weight is 273 g/mol. The van der Waals surface area contributed by atoms with Crippen molar-refractivity contribution >= 4 is 11.9 Å². The molecule has 2 amide bonds. The summed E-state index contributed by atoms with van der Waals surface area (Å²) in [5.41, 5.74) is 6.28. The Labute approximate surface area is 118 Å². The quantitative estimate of drug-likeness (QED) is 0.893. The molecule has 1 aromatic carbocycles. The van der Waals surface area contributed by atoms with Gasteiger partial charge in [0.25, 0.3) is 0 Å². The molecule has 2 aliphatic heterocycles. The van der Waals surface area contributed by atoms with Gasteiger partial charge in [-0.3, -0.25) is 0 Å². The van der Waals surface area contributed by atoms with E-state index in [-0.39, 0.29) is 11.4 Å². The molecule has 20 heavy (non-hydrogen) atoms. The Morgan fingerprint density at radius 3 is 2.60 bits per heavy atom. The van der Waals surface area contributed by atoms with Crippen LogP contribution in [0.2, 0.25) is 0 Å². The van der Waals surface area contributed by atoms with Crippen molar-refractivity contribution in [1.29, 1.82) is 0 Å². The van der Waals surface area contributed by atoms with Crippen LogP contribution in [0.15, 0.2) is 35.3 Å². The number of hydrogen-bond donors (Lipinski definition) is 1. The standard InChI is InChI=1S/C15H19N3O2/c1-14(2)9-20-10-15(14)12(16)17-13(19)18(15)8-11-6-4-3-5-7-11/h3-7H,8-10H2,1-2H3,(H2,16,17,19). The summed E-state index contributed by atoms with van der Waals surface area (Å²) >= 11 is 0. The zero-order valence-electron chi connectivity index (χ0n) is 11.8. The van der Waals surface area contributed by atoms with Gasteiger partial charge in [0, 0.05) is 12.0 Å². The van der Waals surface area contributed by atoms with Gasteiger partial charge in [0.05, 0.1) is 13.2 Å². The third-order valence-corrected chi connectivity index (χ3v) is 4.41. The topological polar surface area (TPSA) is 67.9 Å². The Bertz CT molecular complexity index is 568. The Kier molecular flexibility index (Phi) is 2.83. The highest BCUT2D eigenvalue weighted by Crippen LogP contribution is 2.45. The van der Waals surface area contributed by atoms with Crippen LogP contribution in [0.4, 0.5) is 4.79 Å². The van der Waals surface area contributed by atoms with E-state index in [1.54, 1.807) is 4.90 Å². The lowest BCUT2D eigenvalue weighted by Gasteiger charge is -2.42. The van der Waals surface area contributed by atoms with Crippen molar-refractivity contribution in [3.05, 3.63) is 35.9 Å². The molecule has 0 aromatic heterocycles. The molecule has 1 fully saturated rings. The molecule has 1 unspecified atom stereocenters. The Morgan fingerprint density at radius 1 is 1.30 bits per heavy atom. The number of amidine groups is 1. The SMILES string of the molecule is CC1(C)COCC12C(N)=NC(=O)N2Cc1ccccc1. The van der Waals surface area contributed by atoms with Crippen LogP contribution >= 0.6 is 0 Å². The van der Waals surface area contributed by atoms with Crippen LogP contribution in [0.1, 0.15) is 19.4 Å². The van der Waals surface area contributed by atoms with Crippen molar-refractivity contribution in [2.75, 3.05) is 13.2 Å². The molecule has 1 spiro atoms. The van der Waals surface area contributed by atoms with Crippen molar-refractivity contribution in [1.82, 2.24) is 4.90 Å². The smallest absolute Gasteiger partial charge is 0.346 e. The largest absolute Gasteiger partial charge is 0.385 e. The average Bonchev–Trinajstić information content (AvgIpc) is 2.84. The second kappa shape index (κ2) is 4.31. The normalized spacial score (nSPS) is 28.2. The minimum atomic E-state index is -0.625. The van der Waals surface area contributed by atoms with Gasteiger partial charge in [0.15, 0.2) is 0 Å². The molecule has 0 bridgehead atoms. The van der Waals surface area contributed by atoms with Gasteiger partial charge in [0.2, 0.25) is 0 Å². The third-order valence-electron chi connectivity index (χ3n) is 4.41. The molecule has 106 valence electrons. The van der Waals surface area contributed by atoms with E-state index in [2.05, 4.69) is 18.8 Å². The summed E-state index contributed by atoms with van der Waals surface area (Å²) in [6, 6.07) is 9.60. The van der Waals surface area contributed by atoms with Gasteiger partial charge in [-0.15, -0.1) is 0 Å². The Balaban J connectivity index is 1.99. The van der Waals surface area contributed by atoms with E-state index in [1.165, 1.54) is 0 Å². The van der Waals surface area contributed by atoms with Crippen LogP contribution < -0.4 is 5.73 Å². The Morgan fingerprint density at radius 2 is 2.00 bits per heavy atom. The molecule has 1 saturated heterocycles. The maximum atomic E-state index is 12.2. The van der Waals surface area contributed by atoms with Crippen LogP contribution in [0.25, 0.3) is 0 Å². The summed E-state index contributed by atoms with van der Waals surface area (Å²) in [6.07, 6.45) is 0. The molecule has 1 aromatic rings. The van der Waals surface area contributed by atoms with E-state index < -0.39 is 5.54 Å². The number of carbonyl (C=O) groups excluding carboxylic acids is 1. The van der Waals surface area contributed by atoms with Crippen LogP contribution in [-0.4, -0.2) is 35.5 Å². The van der Waals surface area contributed by atoms with E-state index in [0.29, 0.717) is 25.6 Å². The maximum absolute atomic E-state index is 12.2. The monoisotopic (exact) mass is 273 g/mol. The number of nitrogens with two attached hydrogens (primary N) is 1. The number of amides is 2. The zero-order chi connectivity index (χ0) is 14.4. The minimum absolute atomic E-state index is 0.248. The molecule has 2 N–H and O–H groups in total. The summed E-state index contributed by atoms with van der Waals surface area (Å²) in [6.45, 7) is 5.62. The van der Waals surface area contributed by atoms with Crippen LogP contribution in [0.5, 0.6) is 0 Å². The van der Waals surface area contributed by atoms with Crippen LogP contribution in [0, 0.1) is 5.41 Å². The number of aliphatic imine (C=N–C) groups is 1. The van der Waals surface area contributed by atoms with Gasteiger partial charge in [-0.2, -0.15) is 4.99 Å². The van der Waals surface area contributed by atoms with Crippen molar-refractivity contribution in [3.8, 4) is 0 Å². The zero-order valence-corrected chi connectivity index (χ0v) is 11.8. The van der Waals surface area contributed by atoms with Crippen molar-refractivity contribution in [2.45, 2.75) is 25.9 Å². The number of urea groups is 1. The van der Waals surface area contributed by atoms with Gasteiger partial charge in [0.1, 0.15) is 11.4 Å². The summed E-state index contributed by atoms with van der Waals surface area (Å²) < 4.78 is 5.63. The number of nitrogens with zero attached hydrogens (tertiary/aromatic N) is 2. The van der Waals surface area contributed by atoms with Crippen LogP contribution in [-0.2, 0) is 11.3 Å². The summed E-state index contributed by atoms with van der Waals surface area (Å²) in [5.74, 6) is 0.376. The molecular formula is C15H19N3O2. The summed E-state index contributed by atoms with van der Waals surface area (Å²) in [7, 11) is 0. The lowest BCUT2D eigenvalue weighted by molar-refractivity contribution is 0.109. The van der Waals surface area contributed by atoms with Gasteiger partial charge in [-0.05, 0) is 5.56 Å². The first-order valence-corrected chi connectivity index (χ1v) is 6.75. The fourth-order valence-corrected chi connectivity index (χ4v) is 3.16. The third kappa shape index (κ3) is 1.66. The first-order chi connectivity index (χ1) is 9.47. The highest BCUT2D eigenvalue weighted by molar-refractivity contribution is 6.06. The first-order valence-electron chi connectivity index (χ1n) is 6.75. The van der Waals surface area contributed by atoms with Crippen molar-refractivity contribution in [3.63, 3.8) is 0 Å². The van der Waals surface area contributed by atoms with E-state index in [0.717, 1.165) is 5.56 Å². The molecule has 2 heterocycles. The molecule has 0 saturated carbocycles. The van der Waals surface area contributed by atoms with E-state index in [4.69, 9.17) is 10.5 Å². The number of carbonyl (C=O) groups is 1. The number of benzene rings is 1. The van der Waals surface area contributed by atoms with Gasteiger partial charge in [-0.1, -0.05) is 44.2 Å². The molecular weight excluding hydrogens is 254 g/mol. The van der Waals surface area contributed by atoms with Crippen molar-refractivity contribution in [2.24, 2.45) is 16.1 Å². The predicted molar refractivity (Wildman–Crippen MR) is 76.3 cm³/mol. The predicted octanol–water partition coefficient (Wildman–Crippen LogP) is 1.77. The second-order valence-corrected chi connectivity index (χ2v) is 6.09. The lowest BCUT2D eigenvalue weighted by atomic mass is 9.73. The molecule has 2 aliphatic rings. The summed E-state index contributed by atoms with van der Waals surface area (Å²) in [5, 5.41) is 0. The highest BCUT2D eigenvalue weighted by atomic mass is 16.5. The van der Waals surface area contributed by atoms with E-state index in [1.807, 2.05) is 30.3 Å². The highest BCUT2D eigenvalue weighted by Gasteiger charge is 2.61. The molecule has 0 radical (unpaired) electrons. The molecule has 3 rings (SSSR count). The number of hydrogen-bond acceptors (Lipinski definition) is 3. The molecule has 5 nitrogen and oxygen atoms in total. The van der Waals surface area contributed by atoms with Gasteiger partial charge in [-0.25, -0.2) is 4.79 Å². The van der Waals surface area contributed by atoms with Gasteiger partial charge >= 0.3 is 6.03 Å². The minimum Gasteiger partial charge on any atom is -0.385 e. The first kappa shape index (κ1) is 13.1. The van der Waals surface area contributed by atoms with Gasteiger partial charge < -0.3 is 15.4 Å². The van der Waals surface area contributed by atoms with Crippen molar-refractivity contribution < 1.29 is 9.53 Å².